The number of carbonyl (C=O) groups is 1. The van der Waals surface area contributed by atoms with Gasteiger partial charge in [-0.25, -0.2) is 4.98 Å². The maximum atomic E-state index is 13.8. The lowest BCUT2D eigenvalue weighted by atomic mass is 9.98. The van der Waals surface area contributed by atoms with E-state index >= 15 is 0 Å². The summed E-state index contributed by atoms with van der Waals surface area (Å²) in [5.74, 6) is -0.839. The first kappa shape index (κ1) is 22.3. The summed E-state index contributed by atoms with van der Waals surface area (Å²) in [6.07, 6.45) is 2.20. The van der Waals surface area contributed by atoms with Gasteiger partial charge < -0.3 is 5.32 Å². The van der Waals surface area contributed by atoms with Crippen molar-refractivity contribution in [3.63, 3.8) is 0 Å². The fraction of sp³-hybridized carbons (Fsp3) is 0.0741. The van der Waals surface area contributed by atoms with Crippen LogP contribution in [0.3, 0.4) is 0 Å². The lowest BCUT2D eigenvalue weighted by Crippen LogP contribution is -2.19. The molecule has 0 saturated heterocycles. The van der Waals surface area contributed by atoms with Gasteiger partial charge in [-0.2, -0.15) is 13.2 Å². The summed E-state index contributed by atoms with van der Waals surface area (Å²) >= 11 is 0. The number of amides is 1. The van der Waals surface area contributed by atoms with E-state index in [4.69, 9.17) is 0 Å². The summed E-state index contributed by atoms with van der Waals surface area (Å²) < 4.78 is 43.2. The molecule has 0 bridgehead atoms. The minimum atomic E-state index is -4.69. The molecule has 0 aliphatic rings. The molecule has 5 nitrogen and oxygen atoms in total. The van der Waals surface area contributed by atoms with Gasteiger partial charge in [-0.3, -0.25) is 14.2 Å². The van der Waals surface area contributed by atoms with Gasteiger partial charge in [-0.15, -0.1) is 0 Å². The Labute approximate surface area is 198 Å². The molecule has 5 aromatic rings. The third-order valence-corrected chi connectivity index (χ3v) is 5.68. The number of nitrogens with one attached hydrogen (secondary N) is 1. The van der Waals surface area contributed by atoms with E-state index in [1.54, 1.807) is 55.0 Å². The van der Waals surface area contributed by atoms with Crippen LogP contribution in [-0.2, 0) is 6.18 Å². The fourth-order valence-electron chi connectivity index (χ4n) is 3.95. The smallest absolute Gasteiger partial charge is 0.322 e. The second kappa shape index (κ2) is 8.72. The van der Waals surface area contributed by atoms with Crippen LogP contribution in [0, 0.1) is 6.92 Å². The SMILES string of the molecule is Cc1ccc(NC(=O)c2cc(-c3cccn4c(-c5cccnc5)cnc34)ccc2C(F)(F)F)cc1. The topological polar surface area (TPSA) is 59.3 Å². The van der Waals surface area contributed by atoms with Gasteiger partial charge in [0.25, 0.3) is 5.91 Å². The highest BCUT2D eigenvalue weighted by atomic mass is 19.4. The molecule has 0 fully saturated rings. The number of aryl methyl sites for hydroxylation is 1. The molecule has 0 unspecified atom stereocenters. The number of imidazole rings is 1. The van der Waals surface area contributed by atoms with Gasteiger partial charge in [0, 0.05) is 35.4 Å². The van der Waals surface area contributed by atoms with Crippen molar-refractivity contribution in [3.8, 4) is 22.4 Å². The van der Waals surface area contributed by atoms with E-state index in [0.29, 0.717) is 22.5 Å². The number of fused-ring (bicyclic) bond motifs is 1. The van der Waals surface area contributed by atoms with Gasteiger partial charge in [0.15, 0.2) is 0 Å². The molecule has 5 rings (SSSR count). The first-order valence-corrected chi connectivity index (χ1v) is 10.8. The van der Waals surface area contributed by atoms with Crippen LogP contribution in [0.4, 0.5) is 18.9 Å². The third kappa shape index (κ3) is 4.38. The number of benzene rings is 2. The lowest BCUT2D eigenvalue weighted by molar-refractivity contribution is -0.137. The monoisotopic (exact) mass is 472 g/mol. The molecule has 3 aromatic heterocycles. The number of rotatable bonds is 4. The Balaban J connectivity index is 1.60. The summed E-state index contributed by atoms with van der Waals surface area (Å²) in [7, 11) is 0. The molecule has 0 atom stereocenters. The average Bonchev–Trinajstić information content (AvgIpc) is 3.29. The fourth-order valence-corrected chi connectivity index (χ4v) is 3.95. The van der Waals surface area contributed by atoms with Crippen LogP contribution >= 0.6 is 0 Å². The zero-order valence-corrected chi connectivity index (χ0v) is 18.5. The van der Waals surface area contributed by atoms with E-state index in [0.717, 1.165) is 22.9 Å². The highest BCUT2D eigenvalue weighted by Crippen LogP contribution is 2.36. The van der Waals surface area contributed by atoms with Crippen molar-refractivity contribution in [2.75, 3.05) is 5.32 Å². The van der Waals surface area contributed by atoms with Crippen LogP contribution in [0.1, 0.15) is 21.5 Å². The second-order valence-corrected chi connectivity index (χ2v) is 8.08. The molecule has 0 saturated carbocycles. The zero-order chi connectivity index (χ0) is 24.6. The summed E-state index contributed by atoms with van der Waals surface area (Å²) in [6, 6.07) is 17.7. The van der Waals surface area contributed by atoms with Gasteiger partial charge in [-0.1, -0.05) is 23.8 Å². The normalized spacial score (nSPS) is 11.5. The minimum Gasteiger partial charge on any atom is -0.322 e. The first-order chi connectivity index (χ1) is 16.8. The Kier molecular flexibility index (Phi) is 5.56. The summed E-state index contributed by atoms with van der Waals surface area (Å²) in [4.78, 5) is 21.6. The van der Waals surface area contributed by atoms with Crippen molar-refractivity contribution >= 4 is 17.2 Å². The Bertz CT molecular complexity index is 1520. The number of aromatic nitrogens is 3. The molecule has 0 aliphatic heterocycles. The van der Waals surface area contributed by atoms with Crippen LogP contribution in [0.5, 0.6) is 0 Å². The minimum absolute atomic E-state index is 0.413. The Hall–Kier alpha value is -4.46. The number of anilines is 1. The highest BCUT2D eigenvalue weighted by Gasteiger charge is 2.35. The molecule has 0 aliphatic carbocycles. The van der Waals surface area contributed by atoms with E-state index in [-0.39, 0.29) is 0 Å². The van der Waals surface area contributed by atoms with Gasteiger partial charge in [-0.05, 0) is 61.0 Å². The van der Waals surface area contributed by atoms with Gasteiger partial charge in [0.1, 0.15) is 5.65 Å². The molecular weight excluding hydrogens is 453 g/mol. The molecule has 8 heteroatoms. The molecule has 1 amide bonds. The van der Waals surface area contributed by atoms with Gasteiger partial charge in [0.2, 0.25) is 0 Å². The third-order valence-electron chi connectivity index (χ3n) is 5.68. The Morgan fingerprint density at radius 2 is 1.74 bits per heavy atom. The molecule has 2 aromatic carbocycles. The lowest BCUT2D eigenvalue weighted by Gasteiger charge is -2.15. The number of hydrogen-bond acceptors (Lipinski definition) is 3. The maximum absolute atomic E-state index is 13.8. The quantitative estimate of drug-likeness (QED) is 0.319. The van der Waals surface area contributed by atoms with Crippen LogP contribution in [0.2, 0.25) is 0 Å². The van der Waals surface area contributed by atoms with Crippen molar-refractivity contribution in [1.82, 2.24) is 14.4 Å². The van der Waals surface area contributed by atoms with E-state index in [9.17, 15) is 18.0 Å². The summed E-state index contributed by atoms with van der Waals surface area (Å²) in [6.45, 7) is 1.88. The molecule has 0 spiro atoms. The van der Waals surface area contributed by atoms with Crippen LogP contribution < -0.4 is 5.32 Å². The van der Waals surface area contributed by atoms with Crippen molar-refractivity contribution in [2.24, 2.45) is 0 Å². The zero-order valence-electron chi connectivity index (χ0n) is 18.5. The summed E-state index contributed by atoms with van der Waals surface area (Å²) in [5, 5.41) is 2.57. The number of halogens is 3. The molecule has 35 heavy (non-hydrogen) atoms. The van der Waals surface area contributed by atoms with Gasteiger partial charge >= 0.3 is 6.18 Å². The van der Waals surface area contributed by atoms with Crippen LogP contribution in [-0.4, -0.2) is 20.3 Å². The molecule has 0 radical (unpaired) electrons. The standard InChI is InChI=1S/C27H19F3N4O/c1-17-6-9-20(10-7-17)33-26(35)22-14-18(8-11-23(22)27(28,29)30)21-5-3-13-34-24(16-32-25(21)34)19-4-2-12-31-15-19/h2-16H,1H3,(H,33,35). The van der Waals surface area contributed by atoms with E-state index in [2.05, 4.69) is 15.3 Å². The molecular formula is C27H19F3N4O. The number of pyridine rings is 2. The average molecular weight is 472 g/mol. The maximum Gasteiger partial charge on any atom is 0.417 e. The number of nitrogens with zero attached hydrogens (tertiary/aromatic N) is 3. The van der Waals surface area contributed by atoms with E-state index in [1.807, 2.05) is 29.7 Å². The second-order valence-electron chi connectivity index (χ2n) is 8.08. The number of alkyl halides is 3. The van der Waals surface area contributed by atoms with Gasteiger partial charge in [0.05, 0.1) is 23.0 Å². The number of hydrogen-bond donors (Lipinski definition) is 1. The van der Waals surface area contributed by atoms with Crippen LogP contribution in [0.25, 0.3) is 28.0 Å². The number of carbonyl (C=O) groups excluding carboxylic acids is 1. The Morgan fingerprint density at radius 3 is 2.46 bits per heavy atom. The van der Waals surface area contributed by atoms with Crippen molar-refractivity contribution < 1.29 is 18.0 Å². The van der Waals surface area contributed by atoms with Crippen molar-refractivity contribution in [2.45, 2.75) is 13.1 Å². The molecule has 3 heterocycles. The van der Waals surface area contributed by atoms with Crippen molar-refractivity contribution in [3.05, 3.63) is 108 Å². The summed E-state index contributed by atoms with van der Waals surface area (Å²) in [5.41, 5.74) is 3.16. The highest BCUT2D eigenvalue weighted by molar-refractivity contribution is 6.06. The van der Waals surface area contributed by atoms with Crippen LogP contribution in [0.15, 0.2) is 91.5 Å². The van der Waals surface area contributed by atoms with E-state index in [1.165, 1.54) is 12.1 Å². The molecule has 1 N–H and O–H groups in total. The first-order valence-electron chi connectivity index (χ1n) is 10.8. The van der Waals surface area contributed by atoms with Crippen molar-refractivity contribution in [1.29, 1.82) is 0 Å². The predicted octanol–water partition coefficient (Wildman–Crippen LogP) is 6.64. The largest absolute Gasteiger partial charge is 0.417 e. The molecule has 174 valence electrons. The van der Waals surface area contributed by atoms with E-state index < -0.39 is 23.2 Å². The Morgan fingerprint density at radius 1 is 0.943 bits per heavy atom. The predicted molar refractivity (Wildman–Crippen MR) is 128 cm³/mol.